The number of anilines is 2. The van der Waals surface area contributed by atoms with Gasteiger partial charge in [0.15, 0.2) is 5.96 Å². The van der Waals surface area contributed by atoms with Gasteiger partial charge in [0.1, 0.15) is 0 Å². The summed E-state index contributed by atoms with van der Waals surface area (Å²) in [6.45, 7) is 1.38. The van der Waals surface area contributed by atoms with Crippen LogP contribution in [0.4, 0.5) is 11.4 Å². The van der Waals surface area contributed by atoms with Crippen LogP contribution in [0.15, 0.2) is 78.9 Å². The molecule has 0 radical (unpaired) electrons. The Morgan fingerprint density at radius 3 is 2.41 bits per heavy atom. The van der Waals surface area contributed by atoms with Crippen molar-refractivity contribution in [3.63, 3.8) is 0 Å². The number of hydrogen-bond acceptors (Lipinski definition) is 5. The van der Waals surface area contributed by atoms with Crippen molar-refractivity contribution in [1.29, 1.82) is 5.41 Å². The van der Waals surface area contributed by atoms with Crippen molar-refractivity contribution in [2.75, 3.05) is 30.8 Å². The highest BCUT2D eigenvalue weighted by molar-refractivity contribution is 5.90. The van der Waals surface area contributed by atoms with Crippen LogP contribution in [0.3, 0.4) is 0 Å². The van der Waals surface area contributed by atoms with Gasteiger partial charge in [0, 0.05) is 30.5 Å². The lowest BCUT2D eigenvalue weighted by Crippen LogP contribution is -2.36. The molecule has 39 heavy (non-hydrogen) atoms. The van der Waals surface area contributed by atoms with E-state index >= 15 is 0 Å². The zero-order chi connectivity index (χ0) is 27.6. The summed E-state index contributed by atoms with van der Waals surface area (Å²) in [6, 6.07) is 26.3. The van der Waals surface area contributed by atoms with Crippen LogP contribution in [0, 0.1) is 11.3 Å². The predicted octanol–water partition coefficient (Wildman–Crippen LogP) is 4.87. The van der Waals surface area contributed by atoms with E-state index in [1.54, 1.807) is 0 Å². The second kappa shape index (κ2) is 13.5. The highest BCUT2D eigenvalue weighted by Crippen LogP contribution is 2.30. The number of amides is 1. The van der Waals surface area contributed by atoms with Crippen LogP contribution in [0.1, 0.15) is 31.2 Å². The van der Waals surface area contributed by atoms with Crippen molar-refractivity contribution in [3.8, 4) is 11.1 Å². The van der Waals surface area contributed by atoms with Gasteiger partial charge < -0.3 is 26.0 Å². The molecular weight excluding hydrogens is 490 g/mol. The molecule has 0 unspecified atom stereocenters. The van der Waals surface area contributed by atoms with Crippen molar-refractivity contribution in [1.82, 2.24) is 4.90 Å². The molecule has 0 saturated carbocycles. The topological polar surface area (TPSA) is 121 Å². The number of methoxy groups -OCH3 is 1. The van der Waals surface area contributed by atoms with Gasteiger partial charge in [-0.05, 0) is 66.6 Å². The summed E-state index contributed by atoms with van der Waals surface area (Å²) in [5.41, 5.74) is 10.5. The number of aryl methyl sites for hydroxylation is 1. The number of likely N-dealkylation sites (tertiary alicyclic amines) is 1. The van der Waals surface area contributed by atoms with Gasteiger partial charge in [0.2, 0.25) is 5.91 Å². The number of esters is 1. The number of nitrogens with two attached hydrogens (primary N) is 1. The van der Waals surface area contributed by atoms with Crippen molar-refractivity contribution >= 4 is 29.2 Å². The molecule has 4 rings (SSSR count). The molecule has 204 valence electrons. The Morgan fingerprint density at radius 1 is 1.03 bits per heavy atom. The molecule has 1 heterocycles. The molecule has 0 bridgehead atoms. The van der Waals surface area contributed by atoms with Crippen molar-refractivity contribution < 1.29 is 14.3 Å². The van der Waals surface area contributed by atoms with Crippen LogP contribution in [0.5, 0.6) is 0 Å². The summed E-state index contributed by atoms with van der Waals surface area (Å²) < 4.78 is 4.84. The van der Waals surface area contributed by atoms with Crippen molar-refractivity contribution in [2.45, 2.75) is 38.1 Å². The summed E-state index contributed by atoms with van der Waals surface area (Å²) in [4.78, 5) is 27.1. The number of hydrogen-bond donors (Lipinski definition) is 4. The number of ether oxygens (including phenoxy) is 1. The summed E-state index contributed by atoms with van der Waals surface area (Å²) in [5.74, 6) is -0.704. The highest BCUT2D eigenvalue weighted by atomic mass is 16.5. The zero-order valence-electron chi connectivity index (χ0n) is 22.4. The molecule has 8 nitrogen and oxygen atoms in total. The van der Waals surface area contributed by atoms with E-state index < -0.39 is 0 Å². The molecule has 0 spiro atoms. The molecule has 8 heteroatoms. The Kier molecular flexibility index (Phi) is 9.56. The minimum absolute atomic E-state index is 0.0551. The third kappa shape index (κ3) is 7.83. The molecular formula is C31H37N5O3. The first kappa shape index (κ1) is 27.7. The molecule has 1 aliphatic heterocycles. The second-order valence-electron chi connectivity index (χ2n) is 9.90. The van der Waals surface area contributed by atoms with Gasteiger partial charge in [-0.3, -0.25) is 15.0 Å². The number of guanidine groups is 1. The summed E-state index contributed by atoms with van der Waals surface area (Å²) in [6.07, 6.45) is 3.37. The minimum Gasteiger partial charge on any atom is -0.469 e. The summed E-state index contributed by atoms with van der Waals surface area (Å²) >= 11 is 0. The van der Waals surface area contributed by atoms with Gasteiger partial charge in [-0.25, -0.2) is 0 Å². The van der Waals surface area contributed by atoms with Crippen LogP contribution in [0.25, 0.3) is 11.1 Å². The van der Waals surface area contributed by atoms with Crippen LogP contribution < -0.4 is 16.4 Å². The van der Waals surface area contributed by atoms with E-state index in [0.29, 0.717) is 19.5 Å². The highest BCUT2D eigenvalue weighted by Gasteiger charge is 2.39. The van der Waals surface area contributed by atoms with Gasteiger partial charge in [0.05, 0.1) is 19.4 Å². The number of nitrogens with zero attached hydrogens (tertiary/aromatic N) is 1. The number of carbonyl (C=O) groups excluding carboxylic acids is 2. The quantitative estimate of drug-likeness (QED) is 0.151. The van der Waals surface area contributed by atoms with Gasteiger partial charge in [0.25, 0.3) is 0 Å². The fourth-order valence-electron chi connectivity index (χ4n) is 5.21. The third-order valence-corrected chi connectivity index (χ3v) is 7.12. The Bertz CT molecular complexity index is 1280. The largest absolute Gasteiger partial charge is 0.469 e. The lowest BCUT2D eigenvalue weighted by atomic mass is 10.00. The van der Waals surface area contributed by atoms with E-state index in [0.717, 1.165) is 41.8 Å². The normalized spacial score (nSPS) is 16.6. The number of benzene rings is 3. The maximum absolute atomic E-state index is 13.2. The van der Waals surface area contributed by atoms with Crippen LogP contribution in [-0.2, 0) is 20.7 Å². The first-order valence-corrected chi connectivity index (χ1v) is 13.4. The molecule has 3 aromatic carbocycles. The van der Waals surface area contributed by atoms with Gasteiger partial charge in [-0.1, -0.05) is 54.6 Å². The fraction of sp³-hybridized carbons (Fsp3) is 0.323. The molecule has 0 aliphatic carbocycles. The molecule has 1 saturated heterocycles. The second-order valence-corrected chi connectivity index (χ2v) is 9.90. The third-order valence-electron chi connectivity index (χ3n) is 7.12. The number of nitrogens with one attached hydrogen (secondary N) is 3. The molecule has 1 fully saturated rings. The monoisotopic (exact) mass is 527 g/mol. The average molecular weight is 528 g/mol. The molecule has 2 atom stereocenters. The molecule has 1 amide bonds. The maximum Gasteiger partial charge on any atom is 0.306 e. The molecule has 1 aliphatic rings. The van der Waals surface area contributed by atoms with E-state index in [2.05, 4.69) is 28.8 Å². The molecule has 0 aromatic heterocycles. The van der Waals surface area contributed by atoms with Crippen molar-refractivity contribution in [2.24, 2.45) is 11.7 Å². The Morgan fingerprint density at radius 2 is 1.72 bits per heavy atom. The Labute approximate surface area is 230 Å². The van der Waals surface area contributed by atoms with Crippen molar-refractivity contribution in [3.05, 3.63) is 84.4 Å². The van der Waals surface area contributed by atoms with E-state index in [4.69, 9.17) is 15.9 Å². The first-order valence-electron chi connectivity index (χ1n) is 13.4. The number of carbonyl (C=O) groups is 2. The minimum atomic E-state index is -0.337. The van der Waals surface area contributed by atoms with Crippen LogP contribution in [0.2, 0.25) is 0 Å². The van der Waals surface area contributed by atoms with E-state index in [9.17, 15) is 9.59 Å². The summed E-state index contributed by atoms with van der Waals surface area (Å²) in [5, 5.41) is 13.8. The van der Waals surface area contributed by atoms with E-state index in [-0.39, 0.29) is 36.2 Å². The first-order chi connectivity index (χ1) is 18.9. The molecule has 5 N–H and O–H groups in total. The van der Waals surface area contributed by atoms with Gasteiger partial charge >= 0.3 is 5.97 Å². The van der Waals surface area contributed by atoms with Crippen LogP contribution >= 0.6 is 0 Å². The van der Waals surface area contributed by atoms with Crippen LogP contribution in [-0.4, -0.2) is 49.0 Å². The average Bonchev–Trinajstić information content (AvgIpc) is 3.22. The van der Waals surface area contributed by atoms with Gasteiger partial charge in [-0.2, -0.15) is 0 Å². The van der Waals surface area contributed by atoms with E-state index in [1.165, 1.54) is 12.7 Å². The lowest BCUT2D eigenvalue weighted by molar-refractivity contribution is -0.144. The number of rotatable bonds is 12. The molecule has 3 aromatic rings. The zero-order valence-corrected chi connectivity index (χ0v) is 22.4. The smallest absolute Gasteiger partial charge is 0.306 e. The lowest BCUT2D eigenvalue weighted by Gasteiger charge is -2.25. The Balaban J connectivity index is 1.37. The fourth-order valence-corrected chi connectivity index (χ4v) is 5.21. The predicted molar refractivity (Wildman–Crippen MR) is 156 cm³/mol. The summed E-state index contributed by atoms with van der Waals surface area (Å²) in [7, 11) is 1.37. The standard InChI is InChI=1S/C31H37N5O3/c1-39-29(37)21-25-20-28(36(30(25)38)17-7-10-22-8-3-2-4-9-22)15-16-34-26-13-5-11-23(18-26)24-12-6-14-27(19-24)35-31(32)33/h2-6,8-9,11-14,18-19,25,28,34H,7,10,15-17,20-21H2,1H3,(H4,32,33,35)/t25-,28+/m0/s1. The van der Waals surface area contributed by atoms with Gasteiger partial charge in [-0.15, -0.1) is 0 Å². The maximum atomic E-state index is 13.2. The SMILES string of the molecule is COC(=O)C[C@@H]1C[C@@H](CCNc2cccc(-c3cccc(NC(=N)N)c3)c2)N(CCCc2ccccc2)C1=O. The van der Waals surface area contributed by atoms with E-state index in [1.807, 2.05) is 65.6 Å². The Hall–Kier alpha value is -4.33.